The number of sulfone groups is 1. The van der Waals surface area contributed by atoms with E-state index in [1.165, 1.54) is 6.33 Å². The van der Waals surface area contributed by atoms with Crippen LogP contribution in [0.1, 0.15) is 12.0 Å². The van der Waals surface area contributed by atoms with E-state index in [4.69, 9.17) is 11.6 Å². The maximum absolute atomic E-state index is 11.5. The van der Waals surface area contributed by atoms with Crippen LogP contribution in [-0.2, 0) is 9.84 Å². The zero-order valence-corrected chi connectivity index (χ0v) is 11.1. The molecule has 1 aromatic heterocycles. The van der Waals surface area contributed by atoms with Crippen molar-refractivity contribution >= 4 is 27.3 Å². The van der Waals surface area contributed by atoms with Crippen LogP contribution in [0.5, 0.6) is 0 Å². The quantitative estimate of drug-likeness (QED) is 0.717. The predicted molar refractivity (Wildman–Crippen MR) is 67.3 cm³/mol. The Labute approximate surface area is 106 Å². The summed E-state index contributed by atoms with van der Waals surface area (Å²) in [4.78, 5) is 10.0. The first-order chi connectivity index (χ1) is 7.99. The molecular formula is C10H14ClN3O2S. The van der Waals surface area contributed by atoms with Gasteiger partial charge in [-0.3, -0.25) is 0 Å². The van der Waals surface area contributed by atoms with Gasteiger partial charge in [-0.15, -0.1) is 0 Å². The number of aromatic nitrogens is 2. The normalized spacial score (nSPS) is 20.0. The molecule has 0 bridgehead atoms. The van der Waals surface area contributed by atoms with Crippen molar-refractivity contribution in [1.29, 1.82) is 0 Å². The van der Waals surface area contributed by atoms with E-state index < -0.39 is 9.84 Å². The Morgan fingerprint density at radius 1 is 1.29 bits per heavy atom. The average molecular weight is 276 g/mol. The fourth-order valence-electron chi connectivity index (χ4n) is 1.89. The van der Waals surface area contributed by atoms with Crippen LogP contribution >= 0.6 is 11.6 Å². The molecule has 1 fully saturated rings. The van der Waals surface area contributed by atoms with E-state index in [-0.39, 0.29) is 11.5 Å². The minimum Gasteiger partial charge on any atom is -0.355 e. The van der Waals surface area contributed by atoms with Crippen LogP contribution in [0, 0.1) is 6.92 Å². The Balaban J connectivity index is 2.26. The smallest absolute Gasteiger partial charge is 0.152 e. The van der Waals surface area contributed by atoms with Crippen molar-refractivity contribution in [3.05, 3.63) is 17.0 Å². The molecule has 0 aliphatic carbocycles. The highest BCUT2D eigenvalue weighted by atomic mass is 35.5. The number of rotatable bonds is 1. The van der Waals surface area contributed by atoms with Crippen LogP contribution in [0.2, 0.25) is 5.15 Å². The number of anilines is 1. The Kier molecular flexibility index (Phi) is 3.53. The third-order valence-electron chi connectivity index (χ3n) is 2.85. The Hall–Kier alpha value is -0.880. The van der Waals surface area contributed by atoms with Gasteiger partial charge in [-0.2, -0.15) is 0 Å². The lowest BCUT2D eigenvalue weighted by molar-refractivity contribution is 0.597. The van der Waals surface area contributed by atoms with Gasteiger partial charge >= 0.3 is 0 Å². The van der Waals surface area contributed by atoms with Gasteiger partial charge in [0.1, 0.15) is 17.3 Å². The van der Waals surface area contributed by atoms with Gasteiger partial charge in [-0.1, -0.05) is 11.6 Å². The van der Waals surface area contributed by atoms with Crippen LogP contribution in [0.4, 0.5) is 5.82 Å². The highest BCUT2D eigenvalue weighted by Crippen LogP contribution is 2.23. The summed E-state index contributed by atoms with van der Waals surface area (Å²) in [6.07, 6.45) is 2.04. The van der Waals surface area contributed by atoms with Crippen LogP contribution in [0.25, 0.3) is 0 Å². The number of halogens is 1. The molecule has 0 saturated carbocycles. The van der Waals surface area contributed by atoms with E-state index >= 15 is 0 Å². The first kappa shape index (κ1) is 12.6. The van der Waals surface area contributed by atoms with Crippen molar-refractivity contribution in [2.75, 3.05) is 29.5 Å². The summed E-state index contributed by atoms with van der Waals surface area (Å²) in [5, 5.41) is 0.419. The molecule has 2 rings (SSSR count). The molecular weight excluding hydrogens is 262 g/mol. The van der Waals surface area contributed by atoms with Gasteiger partial charge < -0.3 is 4.90 Å². The molecule has 0 unspecified atom stereocenters. The Morgan fingerprint density at radius 2 is 2.06 bits per heavy atom. The molecule has 7 heteroatoms. The summed E-state index contributed by atoms with van der Waals surface area (Å²) < 4.78 is 23.0. The van der Waals surface area contributed by atoms with Gasteiger partial charge in [0, 0.05) is 18.7 Å². The molecule has 0 aromatic carbocycles. The van der Waals surface area contributed by atoms with Gasteiger partial charge in [0.25, 0.3) is 0 Å². The van der Waals surface area contributed by atoms with Crippen LogP contribution in [0.15, 0.2) is 6.33 Å². The number of nitrogens with zero attached hydrogens (tertiary/aromatic N) is 3. The van der Waals surface area contributed by atoms with Crippen molar-refractivity contribution in [3.8, 4) is 0 Å². The topological polar surface area (TPSA) is 63.2 Å². The van der Waals surface area contributed by atoms with Crippen molar-refractivity contribution in [1.82, 2.24) is 9.97 Å². The van der Waals surface area contributed by atoms with Crippen molar-refractivity contribution in [3.63, 3.8) is 0 Å². The minimum absolute atomic E-state index is 0.175. The molecule has 2 heterocycles. The van der Waals surface area contributed by atoms with E-state index in [9.17, 15) is 8.42 Å². The van der Waals surface area contributed by atoms with Crippen LogP contribution in [0.3, 0.4) is 0 Å². The molecule has 0 N–H and O–H groups in total. The summed E-state index contributed by atoms with van der Waals surface area (Å²) in [6, 6.07) is 0. The molecule has 0 radical (unpaired) electrons. The monoisotopic (exact) mass is 275 g/mol. The Morgan fingerprint density at radius 3 is 2.82 bits per heavy atom. The summed E-state index contributed by atoms with van der Waals surface area (Å²) in [5.41, 5.74) is 0.800. The summed E-state index contributed by atoms with van der Waals surface area (Å²) in [6.45, 7) is 3.00. The molecule has 0 atom stereocenters. The lowest BCUT2D eigenvalue weighted by Gasteiger charge is -2.22. The minimum atomic E-state index is -2.90. The molecule has 1 aliphatic rings. The maximum atomic E-state index is 11.5. The van der Waals surface area contributed by atoms with Gasteiger partial charge in [-0.25, -0.2) is 18.4 Å². The second kappa shape index (κ2) is 4.78. The van der Waals surface area contributed by atoms with Gasteiger partial charge in [0.15, 0.2) is 9.84 Å². The highest BCUT2D eigenvalue weighted by molar-refractivity contribution is 7.91. The van der Waals surface area contributed by atoms with Crippen LogP contribution < -0.4 is 4.90 Å². The fraction of sp³-hybridized carbons (Fsp3) is 0.600. The summed E-state index contributed by atoms with van der Waals surface area (Å²) >= 11 is 5.93. The Bertz CT molecular complexity index is 518. The third-order valence-corrected chi connectivity index (χ3v) is 4.95. The molecule has 94 valence electrons. The fourth-order valence-corrected chi connectivity index (χ4v) is 3.29. The predicted octanol–water partition coefficient (Wildman–Crippen LogP) is 1.06. The average Bonchev–Trinajstić information content (AvgIpc) is 2.44. The van der Waals surface area contributed by atoms with E-state index in [0.717, 1.165) is 11.4 Å². The summed E-state index contributed by atoms with van der Waals surface area (Å²) in [7, 11) is -2.90. The van der Waals surface area contributed by atoms with Gasteiger partial charge in [0.2, 0.25) is 0 Å². The molecule has 1 aliphatic heterocycles. The first-order valence-electron chi connectivity index (χ1n) is 5.42. The molecule has 17 heavy (non-hydrogen) atoms. The summed E-state index contributed by atoms with van der Waals surface area (Å²) in [5.74, 6) is 1.16. The maximum Gasteiger partial charge on any atom is 0.152 e. The highest BCUT2D eigenvalue weighted by Gasteiger charge is 2.21. The largest absolute Gasteiger partial charge is 0.355 e. The van der Waals surface area contributed by atoms with Crippen LogP contribution in [-0.4, -0.2) is 43.0 Å². The molecule has 5 nitrogen and oxygen atoms in total. The molecule has 0 spiro atoms. The second-order valence-corrected chi connectivity index (χ2v) is 6.77. The zero-order chi connectivity index (χ0) is 12.5. The van der Waals surface area contributed by atoms with E-state index in [1.807, 2.05) is 11.8 Å². The lowest BCUT2D eigenvalue weighted by Crippen LogP contribution is -2.28. The van der Waals surface area contributed by atoms with Crippen molar-refractivity contribution < 1.29 is 8.42 Å². The molecule has 1 saturated heterocycles. The van der Waals surface area contributed by atoms with Crippen molar-refractivity contribution in [2.24, 2.45) is 0 Å². The first-order valence-corrected chi connectivity index (χ1v) is 7.62. The second-order valence-electron chi connectivity index (χ2n) is 4.11. The zero-order valence-electron chi connectivity index (χ0n) is 9.56. The lowest BCUT2D eigenvalue weighted by atomic mass is 10.3. The standard InChI is InChI=1S/C10H14ClN3O2S/c1-8-9(11)12-7-13-10(8)14-3-2-5-17(15,16)6-4-14/h7H,2-6H2,1H3. The number of hydrogen-bond donors (Lipinski definition) is 0. The molecule has 0 amide bonds. The molecule has 1 aromatic rings. The third kappa shape index (κ3) is 2.87. The van der Waals surface area contributed by atoms with E-state index in [2.05, 4.69) is 9.97 Å². The van der Waals surface area contributed by atoms with E-state index in [1.54, 1.807) is 0 Å². The number of hydrogen-bond acceptors (Lipinski definition) is 5. The SMILES string of the molecule is Cc1c(Cl)ncnc1N1CCCS(=O)(=O)CC1. The van der Waals surface area contributed by atoms with Crippen molar-refractivity contribution in [2.45, 2.75) is 13.3 Å². The van der Waals surface area contributed by atoms with E-state index in [0.29, 0.717) is 24.7 Å². The van der Waals surface area contributed by atoms with Gasteiger partial charge in [0.05, 0.1) is 11.5 Å². The van der Waals surface area contributed by atoms with Gasteiger partial charge in [-0.05, 0) is 13.3 Å².